The van der Waals surface area contributed by atoms with E-state index in [4.69, 9.17) is 15.5 Å². The van der Waals surface area contributed by atoms with Crippen LogP contribution in [0.4, 0.5) is 35.1 Å². The molecule has 1 aromatic carbocycles. The highest BCUT2D eigenvalue weighted by Gasteiger charge is 2.33. The van der Waals surface area contributed by atoms with Crippen molar-refractivity contribution < 1.29 is 27.1 Å². The zero-order valence-corrected chi connectivity index (χ0v) is 20.8. The number of fused-ring (bicyclic) bond motifs is 1. The van der Waals surface area contributed by atoms with Gasteiger partial charge in [0.1, 0.15) is 11.3 Å². The summed E-state index contributed by atoms with van der Waals surface area (Å²) in [7, 11) is 0. The van der Waals surface area contributed by atoms with Crippen molar-refractivity contribution in [2.45, 2.75) is 63.2 Å². The van der Waals surface area contributed by atoms with Crippen molar-refractivity contribution in [3.8, 4) is 0 Å². The van der Waals surface area contributed by atoms with E-state index in [0.29, 0.717) is 68.1 Å². The van der Waals surface area contributed by atoms with Gasteiger partial charge in [0, 0.05) is 30.7 Å². The third-order valence-corrected chi connectivity index (χ3v) is 7.45. The van der Waals surface area contributed by atoms with Crippen LogP contribution in [-0.4, -0.2) is 44.2 Å². The first kappa shape index (κ1) is 26.1. The van der Waals surface area contributed by atoms with E-state index in [2.05, 4.69) is 27.5 Å². The number of carbonyl (C=O) groups is 1. The quantitative estimate of drug-likeness (QED) is 0.383. The van der Waals surface area contributed by atoms with Gasteiger partial charge in [0.15, 0.2) is 5.65 Å². The second-order valence-electron chi connectivity index (χ2n) is 10.2. The van der Waals surface area contributed by atoms with Gasteiger partial charge in [0.2, 0.25) is 17.8 Å². The Labute approximate surface area is 216 Å². The normalized spacial score (nSPS) is 21.8. The molecule has 204 valence electrons. The molecule has 38 heavy (non-hydrogen) atoms. The van der Waals surface area contributed by atoms with Crippen LogP contribution in [0.2, 0.25) is 0 Å². The molecule has 0 bridgehead atoms. The number of nitrogens with zero attached hydrogens (tertiary/aromatic N) is 4. The van der Waals surface area contributed by atoms with Gasteiger partial charge in [0.05, 0.1) is 17.4 Å². The highest BCUT2D eigenvalue weighted by molar-refractivity contribution is 5.78. The fourth-order valence-corrected chi connectivity index (χ4v) is 5.14. The Hall–Kier alpha value is -3.48. The summed E-state index contributed by atoms with van der Waals surface area (Å²) >= 11 is 0. The smallest absolute Gasteiger partial charge is 0.381 e. The number of rotatable bonds is 6. The van der Waals surface area contributed by atoms with Gasteiger partial charge in [-0.1, -0.05) is 0 Å². The number of ether oxygens (including phenoxy) is 1. The number of carbonyl (C=O) groups excluding carboxylic acids is 1. The molecule has 2 fully saturated rings. The van der Waals surface area contributed by atoms with Gasteiger partial charge in [-0.2, -0.15) is 18.2 Å². The molecule has 0 radical (unpaired) electrons. The maximum Gasteiger partial charge on any atom is 0.416 e. The zero-order chi connectivity index (χ0) is 27.1. The number of hydrogen-bond acceptors (Lipinski definition) is 7. The fourth-order valence-electron chi connectivity index (χ4n) is 5.14. The number of nitrogens with one attached hydrogen (secondary N) is 2. The first-order chi connectivity index (χ1) is 18.0. The van der Waals surface area contributed by atoms with Crippen LogP contribution >= 0.6 is 0 Å². The Kier molecular flexibility index (Phi) is 6.88. The molecule has 1 aliphatic heterocycles. The molecule has 5 rings (SSSR count). The summed E-state index contributed by atoms with van der Waals surface area (Å²) in [4.78, 5) is 25.3. The lowest BCUT2D eigenvalue weighted by Gasteiger charge is -2.34. The van der Waals surface area contributed by atoms with E-state index in [1.807, 2.05) is 0 Å². The van der Waals surface area contributed by atoms with Gasteiger partial charge in [-0.05, 0) is 63.6 Å². The zero-order valence-electron chi connectivity index (χ0n) is 20.8. The lowest BCUT2D eigenvalue weighted by Crippen LogP contribution is -2.41. The third kappa shape index (κ3) is 5.38. The minimum absolute atomic E-state index is 0.143. The van der Waals surface area contributed by atoms with Crippen LogP contribution in [0.25, 0.3) is 11.2 Å². The van der Waals surface area contributed by atoms with Crippen molar-refractivity contribution in [1.29, 1.82) is 0 Å². The number of halogens is 4. The lowest BCUT2D eigenvalue weighted by molar-refractivity contribution is -0.137. The molecule has 0 unspecified atom stereocenters. The van der Waals surface area contributed by atoms with Crippen LogP contribution in [0.3, 0.4) is 0 Å². The number of amides is 1. The number of primary amides is 1. The van der Waals surface area contributed by atoms with Crippen molar-refractivity contribution in [2.24, 2.45) is 11.7 Å². The predicted molar refractivity (Wildman–Crippen MR) is 132 cm³/mol. The Morgan fingerprint density at radius 1 is 1.16 bits per heavy atom. The Morgan fingerprint density at radius 3 is 2.53 bits per heavy atom. The van der Waals surface area contributed by atoms with Crippen LogP contribution in [0.15, 0.2) is 24.4 Å². The first-order valence-corrected chi connectivity index (χ1v) is 12.6. The standard InChI is InChI=1S/C25H29F4N7O2/c1-24(8-10-38-11-9-24)35-22-31-13-19-21(34-22)36(16-5-2-14(3-6-16)20(30)37)23(33-19)32-18-12-15(25(27,28)29)4-7-17(18)26/h4,7,12-14,16H,2-3,5-6,8-11H2,1H3,(H2,30,37)(H,32,33)(H,31,34,35)/t14-,16-. The number of anilines is 3. The van der Waals surface area contributed by atoms with E-state index in [-0.39, 0.29) is 35.0 Å². The van der Waals surface area contributed by atoms with Crippen molar-refractivity contribution in [1.82, 2.24) is 19.5 Å². The molecule has 0 atom stereocenters. The molecule has 1 aliphatic carbocycles. The van der Waals surface area contributed by atoms with Crippen LogP contribution in [0, 0.1) is 11.7 Å². The Balaban J connectivity index is 1.54. The Morgan fingerprint density at radius 2 is 1.87 bits per heavy atom. The molecule has 1 saturated carbocycles. The van der Waals surface area contributed by atoms with E-state index in [1.54, 1.807) is 4.57 Å². The second kappa shape index (κ2) is 10.0. The minimum atomic E-state index is -4.64. The molecular weight excluding hydrogens is 506 g/mol. The Bertz CT molecular complexity index is 1330. The first-order valence-electron chi connectivity index (χ1n) is 12.6. The summed E-state index contributed by atoms with van der Waals surface area (Å²) in [6.45, 7) is 3.29. The summed E-state index contributed by atoms with van der Waals surface area (Å²) in [5.74, 6) is -0.939. The SMILES string of the molecule is CC1(Nc2ncc3nc(Nc4cc(C(F)(F)F)ccc4F)n([C@H]4CC[C@H](C(N)=O)CC4)c3n2)CCOCC1. The van der Waals surface area contributed by atoms with Gasteiger partial charge in [-0.25, -0.2) is 14.4 Å². The summed E-state index contributed by atoms with van der Waals surface area (Å²) < 4.78 is 61.8. The summed E-state index contributed by atoms with van der Waals surface area (Å²) in [6, 6.07) is 1.99. The molecule has 3 heterocycles. The fraction of sp³-hybridized carbons (Fsp3) is 0.520. The van der Waals surface area contributed by atoms with Gasteiger partial charge in [-0.15, -0.1) is 0 Å². The summed E-state index contributed by atoms with van der Waals surface area (Å²) in [6.07, 6.45) is 0.674. The number of imidazole rings is 1. The molecule has 2 aliphatic rings. The number of alkyl halides is 3. The van der Waals surface area contributed by atoms with Gasteiger partial charge in [-0.3, -0.25) is 9.36 Å². The van der Waals surface area contributed by atoms with E-state index in [1.165, 1.54) is 6.20 Å². The van der Waals surface area contributed by atoms with Crippen LogP contribution in [0.5, 0.6) is 0 Å². The maximum atomic E-state index is 14.6. The third-order valence-electron chi connectivity index (χ3n) is 7.45. The molecule has 3 aromatic rings. The summed E-state index contributed by atoms with van der Waals surface area (Å²) in [5, 5.41) is 6.15. The van der Waals surface area contributed by atoms with E-state index >= 15 is 0 Å². The van der Waals surface area contributed by atoms with Crippen LogP contribution < -0.4 is 16.4 Å². The molecule has 9 nitrogen and oxygen atoms in total. The van der Waals surface area contributed by atoms with Gasteiger partial charge < -0.3 is 21.1 Å². The highest BCUT2D eigenvalue weighted by atomic mass is 19.4. The number of benzene rings is 1. The van der Waals surface area contributed by atoms with Crippen molar-refractivity contribution in [3.63, 3.8) is 0 Å². The summed E-state index contributed by atoms with van der Waals surface area (Å²) in [5.41, 5.74) is 4.75. The van der Waals surface area contributed by atoms with Gasteiger partial charge in [0.25, 0.3) is 0 Å². The molecule has 1 amide bonds. The van der Waals surface area contributed by atoms with Crippen molar-refractivity contribution in [3.05, 3.63) is 35.8 Å². The van der Waals surface area contributed by atoms with Gasteiger partial charge >= 0.3 is 6.18 Å². The lowest BCUT2D eigenvalue weighted by atomic mass is 9.85. The molecule has 4 N–H and O–H groups in total. The van der Waals surface area contributed by atoms with Crippen LogP contribution in [0.1, 0.15) is 57.1 Å². The minimum Gasteiger partial charge on any atom is -0.381 e. The monoisotopic (exact) mass is 535 g/mol. The average Bonchev–Trinajstić information content (AvgIpc) is 3.22. The number of aromatic nitrogens is 4. The predicted octanol–water partition coefficient (Wildman–Crippen LogP) is 4.93. The number of nitrogens with two attached hydrogens (primary N) is 1. The number of hydrogen-bond donors (Lipinski definition) is 3. The second-order valence-corrected chi connectivity index (χ2v) is 10.2. The molecule has 0 spiro atoms. The van der Waals surface area contributed by atoms with E-state index < -0.39 is 17.6 Å². The molecular formula is C25H29F4N7O2. The van der Waals surface area contributed by atoms with E-state index in [0.717, 1.165) is 18.9 Å². The van der Waals surface area contributed by atoms with Crippen molar-refractivity contribution >= 4 is 34.7 Å². The molecule has 13 heteroatoms. The average molecular weight is 536 g/mol. The molecule has 2 aromatic heterocycles. The highest BCUT2D eigenvalue weighted by Crippen LogP contribution is 2.38. The topological polar surface area (TPSA) is 120 Å². The van der Waals surface area contributed by atoms with Crippen molar-refractivity contribution in [2.75, 3.05) is 23.8 Å². The van der Waals surface area contributed by atoms with E-state index in [9.17, 15) is 22.4 Å². The van der Waals surface area contributed by atoms with Crippen LogP contribution in [-0.2, 0) is 15.7 Å². The largest absolute Gasteiger partial charge is 0.416 e. The molecule has 1 saturated heterocycles. The maximum absolute atomic E-state index is 14.6.